The lowest BCUT2D eigenvalue weighted by Gasteiger charge is -2.12. The Balaban J connectivity index is 1.57. The van der Waals surface area contributed by atoms with Gasteiger partial charge in [0.15, 0.2) is 6.61 Å². The molecule has 0 unspecified atom stereocenters. The standard InChI is InChI=1S/C19H19F3N2O4S/c1-12-10-16(29(26,27)24-15-6-7-15)8-9-17(12)28-11-18(25)23-14-4-2-13(3-5-14)19(20,21)22/h2-5,8-10,15,24H,6-7,11H2,1H3,(H,23,25). The van der Waals surface area contributed by atoms with Crippen LogP contribution in [-0.2, 0) is 21.0 Å². The first-order valence-electron chi connectivity index (χ1n) is 8.77. The van der Waals surface area contributed by atoms with Crippen LogP contribution in [0.1, 0.15) is 24.0 Å². The van der Waals surface area contributed by atoms with Gasteiger partial charge in [0.1, 0.15) is 5.75 Å². The van der Waals surface area contributed by atoms with Crippen molar-refractivity contribution in [3.8, 4) is 5.75 Å². The van der Waals surface area contributed by atoms with Gasteiger partial charge in [0.25, 0.3) is 5.91 Å². The van der Waals surface area contributed by atoms with Crippen LogP contribution in [0.4, 0.5) is 18.9 Å². The molecule has 2 N–H and O–H groups in total. The van der Waals surface area contributed by atoms with Crippen molar-refractivity contribution in [3.05, 3.63) is 53.6 Å². The molecular formula is C19H19F3N2O4S. The molecule has 1 fully saturated rings. The quantitative estimate of drug-likeness (QED) is 0.707. The zero-order valence-corrected chi connectivity index (χ0v) is 16.2. The third-order valence-electron chi connectivity index (χ3n) is 4.21. The number of nitrogens with one attached hydrogen (secondary N) is 2. The highest BCUT2D eigenvalue weighted by Gasteiger charge is 2.30. The number of halogens is 3. The minimum Gasteiger partial charge on any atom is -0.483 e. The molecule has 0 radical (unpaired) electrons. The van der Waals surface area contributed by atoms with Crippen LogP contribution in [0.15, 0.2) is 47.4 Å². The maximum atomic E-state index is 12.5. The van der Waals surface area contributed by atoms with E-state index in [-0.39, 0.29) is 23.2 Å². The first kappa shape index (κ1) is 21.1. The summed E-state index contributed by atoms with van der Waals surface area (Å²) >= 11 is 0. The highest BCUT2D eigenvalue weighted by atomic mass is 32.2. The Bertz CT molecular complexity index is 1000. The number of benzene rings is 2. The molecule has 0 atom stereocenters. The van der Waals surface area contributed by atoms with Gasteiger partial charge >= 0.3 is 6.18 Å². The van der Waals surface area contributed by atoms with Crippen LogP contribution >= 0.6 is 0 Å². The number of alkyl halides is 3. The van der Waals surface area contributed by atoms with E-state index in [9.17, 15) is 26.4 Å². The monoisotopic (exact) mass is 428 g/mol. The minimum absolute atomic E-state index is 0.00914. The fourth-order valence-corrected chi connectivity index (χ4v) is 3.91. The van der Waals surface area contributed by atoms with Crippen LogP contribution in [0.2, 0.25) is 0 Å². The lowest BCUT2D eigenvalue weighted by atomic mass is 10.2. The van der Waals surface area contributed by atoms with E-state index in [0.29, 0.717) is 11.3 Å². The predicted octanol–water partition coefficient (Wildman–Crippen LogP) is 3.47. The van der Waals surface area contributed by atoms with Crippen LogP contribution in [-0.4, -0.2) is 27.0 Å². The Labute approximate surface area is 166 Å². The number of sulfonamides is 1. The van der Waals surface area contributed by atoms with Crippen molar-refractivity contribution in [2.24, 2.45) is 0 Å². The van der Waals surface area contributed by atoms with Gasteiger partial charge in [-0.2, -0.15) is 13.2 Å². The summed E-state index contributed by atoms with van der Waals surface area (Å²) in [5.41, 5.74) is -0.0736. The minimum atomic E-state index is -4.45. The van der Waals surface area contributed by atoms with E-state index in [2.05, 4.69) is 10.0 Å². The lowest BCUT2D eigenvalue weighted by Crippen LogP contribution is -2.25. The van der Waals surface area contributed by atoms with Gasteiger partial charge in [-0.25, -0.2) is 13.1 Å². The second-order valence-corrected chi connectivity index (χ2v) is 8.45. The van der Waals surface area contributed by atoms with Crippen LogP contribution in [0.3, 0.4) is 0 Å². The summed E-state index contributed by atoms with van der Waals surface area (Å²) in [4.78, 5) is 12.1. The maximum Gasteiger partial charge on any atom is 0.416 e. The number of hydrogen-bond donors (Lipinski definition) is 2. The summed E-state index contributed by atoms with van der Waals surface area (Å²) in [5, 5.41) is 2.44. The van der Waals surface area contributed by atoms with Crippen LogP contribution in [0.5, 0.6) is 5.75 Å². The van der Waals surface area contributed by atoms with Gasteiger partial charge in [0.05, 0.1) is 10.5 Å². The van der Waals surface area contributed by atoms with Crippen molar-refractivity contribution in [2.75, 3.05) is 11.9 Å². The number of rotatable bonds is 7. The highest BCUT2D eigenvalue weighted by molar-refractivity contribution is 7.89. The zero-order valence-electron chi connectivity index (χ0n) is 15.4. The first-order chi connectivity index (χ1) is 13.5. The molecule has 0 spiro atoms. The molecule has 1 amide bonds. The Hall–Kier alpha value is -2.59. The third kappa shape index (κ3) is 5.70. The number of carbonyl (C=O) groups excluding carboxylic acids is 1. The maximum absolute atomic E-state index is 12.5. The first-order valence-corrected chi connectivity index (χ1v) is 10.3. The molecule has 3 rings (SSSR count). The van der Waals surface area contributed by atoms with Gasteiger partial charge in [-0.05, 0) is 67.8 Å². The second kappa shape index (κ2) is 8.03. The summed E-state index contributed by atoms with van der Waals surface area (Å²) < 4.78 is 70.1. The van der Waals surface area contributed by atoms with E-state index >= 15 is 0 Å². The molecule has 1 aliphatic carbocycles. The van der Waals surface area contributed by atoms with Gasteiger partial charge < -0.3 is 10.1 Å². The molecule has 0 bridgehead atoms. The fourth-order valence-electron chi connectivity index (χ4n) is 2.52. The largest absolute Gasteiger partial charge is 0.483 e. The van der Waals surface area contributed by atoms with Crippen molar-refractivity contribution < 1.29 is 31.1 Å². The molecule has 156 valence electrons. The molecule has 0 heterocycles. The van der Waals surface area contributed by atoms with Gasteiger partial charge in [-0.3, -0.25) is 4.79 Å². The van der Waals surface area contributed by atoms with Gasteiger partial charge in [0, 0.05) is 11.7 Å². The van der Waals surface area contributed by atoms with Crippen molar-refractivity contribution in [1.29, 1.82) is 0 Å². The molecule has 6 nitrogen and oxygen atoms in total. The Morgan fingerprint density at radius 2 is 1.79 bits per heavy atom. The molecule has 29 heavy (non-hydrogen) atoms. The smallest absolute Gasteiger partial charge is 0.416 e. The topological polar surface area (TPSA) is 84.5 Å². The van der Waals surface area contributed by atoms with E-state index in [4.69, 9.17) is 4.74 Å². The zero-order chi connectivity index (χ0) is 21.2. The SMILES string of the molecule is Cc1cc(S(=O)(=O)NC2CC2)ccc1OCC(=O)Nc1ccc(C(F)(F)F)cc1. The summed E-state index contributed by atoms with van der Waals surface area (Å²) in [6.07, 6.45) is -2.79. The van der Waals surface area contributed by atoms with Crippen molar-refractivity contribution in [2.45, 2.75) is 36.9 Å². The van der Waals surface area contributed by atoms with Crippen LogP contribution < -0.4 is 14.8 Å². The summed E-state index contributed by atoms with van der Waals surface area (Å²) in [6.45, 7) is 1.27. The molecule has 1 aliphatic rings. The van der Waals surface area contributed by atoms with Gasteiger partial charge in [-0.1, -0.05) is 0 Å². The van der Waals surface area contributed by atoms with Crippen LogP contribution in [0.25, 0.3) is 0 Å². The Morgan fingerprint density at radius 3 is 2.34 bits per heavy atom. The number of ether oxygens (including phenoxy) is 1. The van der Waals surface area contributed by atoms with E-state index in [0.717, 1.165) is 37.1 Å². The van der Waals surface area contributed by atoms with Crippen molar-refractivity contribution >= 4 is 21.6 Å². The molecular weight excluding hydrogens is 409 g/mol. The van der Waals surface area contributed by atoms with E-state index in [1.165, 1.54) is 18.2 Å². The predicted molar refractivity (Wildman–Crippen MR) is 100 cm³/mol. The molecule has 1 saturated carbocycles. The van der Waals surface area contributed by atoms with Gasteiger partial charge in [-0.15, -0.1) is 0 Å². The van der Waals surface area contributed by atoms with Crippen molar-refractivity contribution in [3.63, 3.8) is 0 Å². The highest BCUT2D eigenvalue weighted by Crippen LogP contribution is 2.30. The summed E-state index contributed by atoms with van der Waals surface area (Å²) in [6, 6.07) is 8.34. The summed E-state index contributed by atoms with van der Waals surface area (Å²) in [5.74, 6) is -0.228. The Kier molecular flexibility index (Phi) is 5.85. The number of aryl methyl sites for hydroxylation is 1. The average molecular weight is 428 g/mol. The van der Waals surface area contributed by atoms with Crippen LogP contribution in [0, 0.1) is 6.92 Å². The normalized spacial score (nSPS) is 14.5. The van der Waals surface area contributed by atoms with Gasteiger partial charge in [0.2, 0.25) is 10.0 Å². The second-order valence-electron chi connectivity index (χ2n) is 6.73. The molecule has 2 aromatic carbocycles. The molecule has 10 heteroatoms. The summed E-state index contributed by atoms with van der Waals surface area (Å²) in [7, 11) is -3.59. The molecule has 2 aromatic rings. The molecule has 0 saturated heterocycles. The number of amides is 1. The number of hydrogen-bond acceptors (Lipinski definition) is 4. The lowest BCUT2D eigenvalue weighted by molar-refractivity contribution is -0.137. The van der Waals surface area contributed by atoms with E-state index in [1.54, 1.807) is 6.92 Å². The van der Waals surface area contributed by atoms with Crippen molar-refractivity contribution in [1.82, 2.24) is 4.72 Å². The Morgan fingerprint density at radius 1 is 1.14 bits per heavy atom. The number of anilines is 1. The number of carbonyl (C=O) groups is 1. The third-order valence-corrected chi connectivity index (χ3v) is 5.73. The van der Waals surface area contributed by atoms with E-state index in [1.807, 2.05) is 0 Å². The van der Waals surface area contributed by atoms with E-state index < -0.39 is 27.7 Å². The molecule has 0 aliphatic heterocycles. The fraction of sp³-hybridized carbons (Fsp3) is 0.316. The molecule has 0 aromatic heterocycles. The average Bonchev–Trinajstić information content (AvgIpc) is 3.43.